The summed E-state index contributed by atoms with van der Waals surface area (Å²) in [6.07, 6.45) is 2.00. The number of pyridine rings is 1. The molecule has 0 aliphatic carbocycles. The molecule has 32 heavy (non-hydrogen) atoms. The van der Waals surface area contributed by atoms with E-state index in [1.807, 2.05) is 24.3 Å². The first-order valence-corrected chi connectivity index (χ1v) is 11.9. The van der Waals surface area contributed by atoms with Gasteiger partial charge in [0.15, 0.2) is 5.11 Å². The van der Waals surface area contributed by atoms with Gasteiger partial charge in [0, 0.05) is 24.7 Å². The number of thiocarbonyl (C=S) groups is 1. The number of fused-ring (bicyclic) bond motifs is 1. The molecule has 0 fully saturated rings. The van der Waals surface area contributed by atoms with Crippen molar-refractivity contribution in [3.8, 4) is 5.75 Å². The maximum Gasteiger partial charge on any atom is 0.253 e. The lowest BCUT2D eigenvalue weighted by atomic mass is 10.1. The summed E-state index contributed by atoms with van der Waals surface area (Å²) in [5.41, 5.74) is 1.40. The van der Waals surface area contributed by atoms with Crippen molar-refractivity contribution in [3.05, 3.63) is 40.2 Å². The maximum absolute atomic E-state index is 12.8. The van der Waals surface area contributed by atoms with Crippen LogP contribution in [0.25, 0.3) is 10.9 Å². The standard InChI is InChI=1S/C24H39N5O2S/c1-6-28(7-2)14-9-15-29(24(32)25-12-8-13-27(3)4)18-20-16-19-10-11-21(31-5)17-22(19)26-23(20)30/h10-11,16-17H,6-9,12-15,18H2,1-5H3,(H,25,32)(H,26,30). The highest BCUT2D eigenvalue weighted by molar-refractivity contribution is 7.80. The topological polar surface area (TPSA) is 63.8 Å². The first kappa shape index (κ1) is 26.1. The second-order valence-corrected chi connectivity index (χ2v) is 8.65. The van der Waals surface area contributed by atoms with Gasteiger partial charge in [0.05, 0.1) is 19.2 Å². The van der Waals surface area contributed by atoms with Crippen LogP contribution in [0.1, 0.15) is 32.3 Å². The van der Waals surface area contributed by atoms with Crippen LogP contribution in [0.5, 0.6) is 5.75 Å². The highest BCUT2D eigenvalue weighted by atomic mass is 32.1. The number of rotatable bonds is 13. The summed E-state index contributed by atoms with van der Waals surface area (Å²) in [6, 6.07) is 7.68. The van der Waals surface area contributed by atoms with Crippen LogP contribution in [-0.4, -0.2) is 85.3 Å². The Labute approximate surface area is 197 Å². The van der Waals surface area contributed by atoms with Gasteiger partial charge < -0.3 is 29.7 Å². The molecule has 0 saturated carbocycles. The third kappa shape index (κ3) is 8.07. The van der Waals surface area contributed by atoms with E-state index in [4.69, 9.17) is 17.0 Å². The second-order valence-electron chi connectivity index (χ2n) is 8.27. The Balaban J connectivity index is 2.14. The van der Waals surface area contributed by atoms with E-state index in [0.717, 1.165) is 68.8 Å². The molecular formula is C24H39N5O2S. The van der Waals surface area contributed by atoms with E-state index >= 15 is 0 Å². The molecule has 0 spiro atoms. The Morgan fingerprint density at radius 1 is 1.09 bits per heavy atom. The van der Waals surface area contributed by atoms with E-state index in [2.05, 4.69) is 52.9 Å². The van der Waals surface area contributed by atoms with E-state index in [1.54, 1.807) is 7.11 Å². The maximum atomic E-state index is 12.8. The number of aromatic amines is 1. The molecule has 1 aromatic heterocycles. The molecule has 0 atom stereocenters. The molecule has 0 radical (unpaired) electrons. The Bertz CT molecular complexity index is 911. The van der Waals surface area contributed by atoms with Crippen LogP contribution in [0.15, 0.2) is 29.1 Å². The van der Waals surface area contributed by atoms with E-state index in [0.29, 0.717) is 17.2 Å². The quantitative estimate of drug-likeness (QED) is 0.351. The molecule has 178 valence electrons. The number of nitrogens with zero attached hydrogens (tertiary/aromatic N) is 3. The van der Waals surface area contributed by atoms with Gasteiger partial charge in [-0.2, -0.15) is 0 Å². The number of hydrogen-bond acceptors (Lipinski definition) is 5. The molecule has 2 aromatic rings. The van der Waals surface area contributed by atoms with Gasteiger partial charge >= 0.3 is 0 Å². The van der Waals surface area contributed by atoms with Crippen molar-refractivity contribution < 1.29 is 4.74 Å². The fraction of sp³-hybridized carbons (Fsp3) is 0.583. The summed E-state index contributed by atoms with van der Waals surface area (Å²) in [5, 5.41) is 5.07. The predicted octanol–water partition coefficient (Wildman–Crippen LogP) is 2.90. The van der Waals surface area contributed by atoms with Gasteiger partial charge in [-0.1, -0.05) is 13.8 Å². The number of ether oxygens (including phenoxy) is 1. The Morgan fingerprint density at radius 2 is 1.84 bits per heavy atom. The lowest BCUT2D eigenvalue weighted by molar-refractivity contribution is 0.279. The molecule has 1 aromatic carbocycles. The second kappa shape index (κ2) is 13.4. The minimum absolute atomic E-state index is 0.0881. The molecule has 7 nitrogen and oxygen atoms in total. The van der Waals surface area contributed by atoms with Crippen LogP contribution in [0.3, 0.4) is 0 Å². The smallest absolute Gasteiger partial charge is 0.253 e. The van der Waals surface area contributed by atoms with Gasteiger partial charge in [0.25, 0.3) is 5.56 Å². The van der Waals surface area contributed by atoms with Crippen molar-refractivity contribution >= 4 is 28.2 Å². The number of benzene rings is 1. The van der Waals surface area contributed by atoms with Gasteiger partial charge in [-0.25, -0.2) is 0 Å². The normalized spacial score (nSPS) is 11.3. The van der Waals surface area contributed by atoms with Crippen LogP contribution < -0.4 is 15.6 Å². The molecule has 0 aliphatic heterocycles. The number of nitrogens with one attached hydrogen (secondary N) is 2. The number of H-pyrrole nitrogens is 1. The van der Waals surface area contributed by atoms with Crippen molar-refractivity contribution in [2.75, 3.05) is 60.5 Å². The third-order valence-electron chi connectivity index (χ3n) is 5.63. The van der Waals surface area contributed by atoms with Crippen LogP contribution in [0, 0.1) is 0 Å². The fourth-order valence-corrected chi connectivity index (χ4v) is 3.91. The highest BCUT2D eigenvalue weighted by Crippen LogP contribution is 2.19. The summed E-state index contributed by atoms with van der Waals surface area (Å²) < 4.78 is 5.27. The molecule has 0 saturated heterocycles. The molecule has 0 amide bonds. The summed E-state index contributed by atoms with van der Waals surface area (Å²) in [7, 11) is 5.76. The summed E-state index contributed by atoms with van der Waals surface area (Å²) >= 11 is 5.72. The zero-order chi connectivity index (χ0) is 23.5. The van der Waals surface area contributed by atoms with E-state index in [9.17, 15) is 4.79 Å². The Hall–Kier alpha value is -2.16. The number of aromatic nitrogens is 1. The van der Waals surface area contributed by atoms with E-state index < -0.39 is 0 Å². The van der Waals surface area contributed by atoms with Crippen LogP contribution in [0.4, 0.5) is 0 Å². The Kier molecular flexibility index (Phi) is 10.9. The van der Waals surface area contributed by atoms with Crippen molar-refractivity contribution in [3.63, 3.8) is 0 Å². The molecule has 1 heterocycles. The van der Waals surface area contributed by atoms with Gasteiger partial charge in [-0.15, -0.1) is 0 Å². The summed E-state index contributed by atoms with van der Waals surface area (Å²) in [6.45, 7) is 10.6. The molecular weight excluding hydrogens is 422 g/mol. The summed E-state index contributed by atoms with van der Waals surface area (Å²) in [5.74, 6) is 0.724. The van der Waals surface area contributed by atoms with Crippen molar-refractivity contribution in [2.24, 2.45) is 0 Å². The van der Waals surface area contributed by atoms with Crippen molar-refractivity contribution in [1.82, 2.24) is 25.0 Å². The fourth-order valence-electron chi connectivity index (χ4n) is 3.66. The van der Waals surface area contributed by atoms with Crippen LogP contribution in [0.2, 0.25) is 0 Å². The Morgan fingerprint density at radius 3 is 2.50 bits per heavy atom. The zero-order valence-electron chi connectivity index (χ0n) is 20.2. The zero-order valence-corrected chi connectivity index (χ0v) is 21.1. The highest BCUT2D eigenvalue weighted by Gasteiger charge is 2.14. The largest absolute Gasteiger partial charge is 0.497 e. The first-order valence-electron chi connectivity index (χ1n) is 11.5. The SMILES string of the molecule is CCN(CC)CCCN(Cc1cc2ccc(OC)cc2[nH]c1=O)C(=S)NCCCN(C)C. The lowest BCUT2D eigenvalue weighted by Gasteiger charge is -2.27. The predicted molar refractivity (Wildman–Crippen MR) is 138 cm³/mol. The minimum Gasteiger partial charge on any atom is -0.497 e. The molecule has 2 rings (SSSR count). The monoisotopic (exact) mass is 461 g/mol. The van der Waals surface area contributed by atoms with Gasteiger partial charge in [0.2, 0.25) is 0 Å². The minimum atomic E-state index is -0.0881. The average Bonchev–Trinajstić information content (AvgIpc) is 2.78. The van der Waals surface area contributed by atoms with Gasteiger partial charge in [0.1, 0.15) is 5.75 Å². The molecule has 0 unspecified atom stereocenters. The van der Waals surface area contributed by atoms with Crippen LogP contribution in [-0.2, 0) is 6.54 Å². The van der Waals surface area contributed by atoms with Gasteiger partial charge in [-0.3, -0.25) is 4.79 Å². The average molecular weight is 462 g/mol. The number of hydrogen-bond donors (Lipinski definition) is 2. The molecule has 2 N–H and O–H groups in total. The van der Waals surface area contributed by atoms with E-state index in [-0.39, 0.29) is 5.56 Å². The third-order valence-corrected chi connectivity index (χ3v) is 6.04. The van der Waals surface area contributed by atoms with Crippen molar-refractivity contribution in [1.29, 1.82) is 0 Å². The lowest BCUT2D eigenvalue weighted by Crippen LogP contribution is -2.42. The van der Waals surface area contributed by atoms with E-state index in [1.165, 1.54) is 0 Å². The molecule has 0 aliphatic rings. The van der Waals surface area contributed by atoms with Gasteiger partial charge in [-0.05, 0) is 88.9 Å². The molecule has 0 bridgehead atoms. The van der Waals surface area contributed by atoms with Crippen LogP contribution >= 0.6 is 12.2 Å². The number of methoxy groups -OCH3 is 1. The summed E-state index contributed by atoms with van der Waals surface area (Å²) in [4.78, 5) is 22.5. The molecule has 8 heteroatoms. The first-order chi connectivity index (χ1) is 15.4. The van der Waals surface area contributed by atoms with Crippen molar-refractivity contribution in [2.45, 2.75) is 33.2 Å².